The SMILES string of the molecule is Cc1cc([C@@H]2CCNC(=O)C2)nc(C)c1N. The summed E-state index contributed by atoms with van der Waals surface area (Å²) in [6.07, 6.45) is 1.50. The first kappa shape index (κ1) is 10.9. The maximum atomic E-state index is 11.3. The topological polar surface area (TPSA) is 68.0 Å². The fourth-order valence-electron chi connectivity index (χ4n) is 2.12. The summed E-state index contributed by atoms with van der Waals surface area (Å²) in [7, 11) is 0. The Kier molecular flexibility index (Phi) is 2.81. The predicted molar refractivity (Wildman–Crippen MR) is 63.1 cm³/mol. The number of aryl methyl sites for hydroxylation is 2. The number of amides is 1. The molecule has 0 spiro atoms. The molecule has 1 aromatic rings. The van der Waals surface area contributed by atoms with Crippen molar-refractivity contribution in [3.8, 4) is 0 Å². The largest absolute Gasteiger partial charge is 0.397 e. The molecule has 1 fully saturated rings. The fourth-order valence-corrected chi connectivity index (χ4v) is 2.12. The smallest absolute Gasteiger partial charge is 0.220 e. The summed E-state index contributed by atoms with van der Waals surface area (Å²) in [6, 6.07) is 2.01. The summed E-state index contributed by atoms with van der Waals surface area (Å²) in [6.45, 7) is 4.64. The van der Waals surface area contributed by atoms with Crippen LogP contribution >= 0.6 is 0 Å². The molecule has 2 heterocycles. The summed E-state index contributed by atoms with van der Waals surface area (Å²) >= 11 is 0. The van der Waals surface area contributed by atoms with Gasteiger partial charge in [-0.15, -0.1) is 0 Å². The van der Waals surface area contributed by atoms with Crippen LogP contribution in [0.25, 0.3) is 0 Å². The van der Waals surface area contributed by atoms with E-state index < -0.39 is 0 Å². The Labute approximate surface area is 95.3 Å². The van der Waals surface area contributed by atoms with Gasteiger partial charge in [0.2, 0.25) is 5.91 Å². The lowest BCUT2D eigenvalue weighted by molar-refractivity contribution is -0.122. The van der Waals surface area contributed by atoms with E-state index in [1.807, 2.05) is 19.9 Å². The maximum Gasteiger partial charge on any atom is 0.220 e. The lowest BCUT2D eigenvalue weighted by Crippen LogP contribution is -2.33. The van der Waals surface area contributed by atoms with Gasteiger partial charge in [0.25, 0.3) is 0 Å². The van der Waals surface area contributed by atoms with Crippen LogP contribution in [0.4, 0.5) is 5.69 Å². The normalized spacial score (nSPS) is 20.6. The van der Waals surface area contributed by atoms with Crippen LogP contribution in [0, 0.1) is 13.8 Å². The second-order valence-corrected chi connectivity index (χ2v) is 4.40. The van der Waals surface area contributed by atoms with Gasteiger partial charge in [-0.1, -0.05) is 0 Å². The molecule has 3 N–H and O–H groups in total. The van der Waals surface area contributed by atoms with Gasteiger partial charge < -0.3 is 11.1 Å². The molecular weight excluding hydrogens is 202 g/mol. The predicted octanol–water partition coefficient (Wildman–Crippen LogP) is 1.27. The Hall–Kier alpha value is -1.58. The Morgan fingerprint density at radius 1 is 1.50 bits per heavy atom. The van der Waals surface area contributed by atoms with Crippen LogP contribution < -0.4 is 11.1 Å². The van der Waals surface area contributed by atoms with Gasteiger partial charge in [0.05, 0.1) is 11.4 Å². The fraction of sp³-hybridized carbons (Fsp3) is 0.500. The van der Waals surface area contributed by atoms with E-state index in [-0.39, 0.29) is 11.8 Å². The van der Waals surface area contributed by atoms with Crippen molar-refractivity contribution in [1.82, 2.24) is 10.3 Å². The van der Waals surface area contributed by atoms with E-state index in [2.05, 4.69) is 10.3 Å². The van der Waals surface area contributed by atoms with E-state index in [0.29, 0.717) is 6.42 Å². The number of nitrogen functional groups attached to an aromatic ring is 1. The highest BCUT2D eigenvalue weighted by atomic mass is 16.1. The minimum absolute atomic E-state index is 0.116. The molecule has 0 aliphatic carbocycles. The van der Waals surface area contributed by atoms with Crippen LogP contribution in [0.1, 0.15) is 35.7 Å². The van der Waals surface area contributed by atoms with Crippen molar-refractivity contribution in [3.05, 3.63) is 23.0 Å². The lowest BCUT2D eigenvalue weighted by atomic mass is 9.92. The first-order chi connectivity index (χ1) is 7.58. The Morgan fingerprint density at radius 2 is 2.25 bits per heavy atom. The summed E-state index contributed by atoms with van der Waals surface area (Å²) in [5, 5.41) is 2.83. The van der Waals surface area contributed by atoms with E-state index in [4.69, 9.17) is 5.73 Å². The van der Waals surface area contributed by atoms with E-state index in [0.717, 1.165) is 35.6 Å². The van der Waals surface area contributed by atoms with Crippen molar-refractivity contribution in [2.24, 2.45) is 0 Å². The third-order valence-corrected chi connectivity index (χ3v) is 3.14. The van der Waals surface area contributed by atoms with Gasteiger partial charge >= 0.3 is 0 Å². The Bertz CT molecular complexity index is 405. The van der Waals surface area contributed by atoms with E-state index in [1.54, 1.807) is 0 Å². The molecule has 4 nitrogen and oxygen atoms in total. The molecule has 4 heteroatoms. The Balaban J connectivity index is 2.30. The summed E-state index contributed by atoms with van der Waals surface area (Å²) < 4.78 is 0. The number of hydrogen-bond acceptors (Lipinski definition) is 3. The highest BCUT2D eigenvalue weighted by Crippen LogP contribution is 2.27. The van der Waals surface area contributed by atoms with Gasteiger partial charge in [-0.05, 0) is 31.9 Å². The van der Waals surface area contributed by atoms with Crippen LogP contribution in [0.2, 0.25) is 0 Å². The zero-order valence-corrected chi connectivity index (χ0v) is 9.71. The van der Waals surface area contributed by atoms with Crippen LogP contribution in [0.5, 0.6) is 0 Å². The third-order valence-electron chi connectivity index (χ3n) is 3.14. The van der Waals surface area contributed by atoms with Crippen molar-refractivity contribution in [2.75, 3.05) is 12.3 Å². The summed E-state index contributed by atoms with van der Waals surface area (Å²) in [5.41, 5.74) is 9.53. The molecule has 1 atom stereocenters. The molecule has 0 unspecified atom stereocenters. The van der Waals surface area contributed by atoms with Gasteiger partial charge in [-0.2, -0.15) is 0 Å². The number of anilines is 1. The number of pyridine rings is 1. The highest BCUT2D eigenvalue weighted by molar-refractivity contribution is 5.77. The second kappa shape index (κ2) is 4.12. The minimum Gasteiger partial charge on any atom is -0.397 e. The molecule has 1 aromatic heterocycles. The highest BCUT2D eigenvalue weighted by Gasteiger charge is 2.22. The van der Waals surface area contributed by atoms with Crippen molar-refractivity contribution in [3.63, 3.8) is 0 Å². The molecule has 86 valence electrons. The molecule has 0 aromatic carbocycles. The lowest BCUT2D eigenvalue weighted by Gasteiger charge is -2.22. The van der Waals surface area contributed by atoms with Gasteiger partial charge in [0.15, 0.2) is 0 Å². The molecule has 0 radical (unpaired) electrons. The molecule has 0 bridgehead atoms. The number of carbonyl (C=O) groups excluding carboxylic acids is 1. The number of nitrogens with one attached hydrogen (secondary N) is 1. The van der Waals surface area contributed by atoms with Crippen molar-refractivity contribution in [1.29, 1.82) is 0 Å². The van der Waals surface area contributed by atoms with Gasteiger partial charge in [0.1, 0.15) is 0 Å². The van der Waals surface area contributed by atoms with Crippen molar-refractivity contribution < 1.29 is 4.79 Å². The van der Waals surface area contributed by atoms with E-state index in [1.165, 1.54) is 0 Å². The monoisotopic (exact) mass is 219 g/mol. The molecule has 0 saturated carbocycles. The summed E-state index contributed by atoms with van der Waals surface area (Å²) in [5.74, 6) is 0.358. The van der Waals surface area contributed by atoms with Crippen LogP contribution in [-0.4, -0.2) is 17.4 Å². The number of rotatable bonds is 1. The Morgan fingerprint density at radius 3 is 2.88 bits per heavy atom. The van der Waals surface area contributed by atoms with Crippen LogP contribution in [0.15, 0.2) is 6.07 Å². The molecule has 16 heavy (non-hydrogen) atoms. The number of nitrogens with two attached hydrogens (primary N) is 1. The zero-order valence-electron chi connectivity index (χ0n) is 9.71. The quantitative estimate of drug-likeness (QED) is 0.747. The van der Waals surface area contributed by atoms with E-state index in [9.17, 15) is 4.79 Å². The van der Waals surface area contributed by atoms with Crippen LogP contribution in [0.3, 0.4) is 0 Å². The average Bonchev–Trinajstić information content (AvgIpc) is 2.25. The second-order valence-electron chi connectivity index (χ2n) is 4.40. The third kappa shape index (κ3) is 2.01. The maximum absolute atomic E-state index is 11.3. The van der Waals surface area contributed by atoms with Gasteiger partial charge in [-0.25, -0.2) is 0 Å². The van der Waals surface area contributed by atoms with Crippen LogP contribution in [-0.2, 0) is 4.79 Å². The molecule has 1 amide bonds. The van der Waals surface area contributed by atoms with Crippen molar-refractivity contribution >= 4 is 11.6 Å². The molecule has 1 aliphatic rings. The standard InChI is InChI=1S/C12H17N3O/c1-7-5-10(15-8(2)12(7)13)9-3-4-14-11(16)6-9/h5,9H,3-4,6,13H2,1-2H3,(H,14,16)/t9-/m1/s1. The average molecular weight is 219 g/mol. The minimum atomic E-state index is 0.116. The summed E-state index contributed by atoms with van der Waals surface area (Å²) in [4.78, 5) is 15.8. The van der Waals surface area contributed by atoms with Crippen molar-refractivity contribution in [2.45, 2.75) is 32.6 Å². The number of hydrogen-bond donors (Lipinski definition) is 2. The zero-order chi connectivity index (χ0) is 11.7. The molecule has 1 saturated heterocycles. The number of aromatic nitrogens is 1. The first-order valence-electron chi connectivity index (χ1n) is 5.58. The van der Waals surface area contributed by atoms with E-state index >= 15 is 0 Å². The molecule has 1 aliphatic heterocycles. The first-order valence-corrected chi connectivity index (χ1v) is 5.58. The number of carbonyl (C=O) groups is 1. The van der Waals surface area contributed by atoms with Gasteiger partial charge in [-0.3, -0.25) is 9.78 Å². The van der Waals surface area contributed by atoms with Gasteiger partial charge in [0, 0.05) is 24.6 Å². The molecule has 2 rings (SSSR count). The number of nitrogens with zero attached hydrogens (tertiary/aromatic N) is 1. The number of piperidine rings is 1. The molecular formula is C12H17N3O.